The van der Waals surface area contributed by atoms with Crippen molar-refractivity contribution >= 4 is 5.91 Å². The number of benzene rings is 1. The van der Waals surface area contributed by atoms with Gasteiger partial charge in [0.1, 0.15) is 11.5 Å². The average molecular weight is 195 g/mol. The molecule has 4 heteroatoms. The summed E-state index contributed by atoms with van der Waals surface area (Å²) >= 11 is 0. The number of ether oxygens (including phenoxy) is 1. The van der Waals surface area contributed by atoms with E-state index in [1.807, 2.05) is 6.92 Å². The zero-order valence-corrected chi connectivity index (χ0v) is 7.99. The van der Waals surface area contributed by atoms with Crippen LogP contribution in [0.15, 0.2) is 18.2 Å². The summed E-state index contributed by atoms with van der Waals surface area (Å²) in [6.07, 6.45) is 0.887. The minimum Gasteiger partial charge on any atom is -0.507 e. The lowest BCUT2D eigenvalue weighted by atomic mass is 10.2. The average Bonchev–Trinajstić information content (AvgIpc) is 2.14. The standard InChI is InChI=1S/C10H13NO3/c1-2-5-14-7-3-4-8(10(11)13)9(12)6-7/h3-4,6,12H,2,5H2,1H3,(H2,11,13). The molecule has 1 aromatic carbocycles. The highest BCUT2D eigenvalue weighted by Crippen LogP contribution is 2.23. The first-order valence-corrected chi connectivity index (χ1v) is 4.40. The van der Waals surface area contributed by atoms with Gasteiger partial charge >= 0.3 is 0 Å². The number of hydrogen-bond acceptors (Lipinski definition) is 3. The first-order valence-electron chi connectivity index (χ1n) is 4.40. The van der Waals surface area contributed by atoms with Gasteiger partial charge in [-0.25, -0.2) is 0 Å². The van der Waals surface area contributed by atoms with Crippen LogP contribution in [0, 0.1) is 0 Å². The molecule has 76 valence electrons. The van der Waals surface area contributed by atoms with Gasteiger partial charge < -0.3 is 15.6 Å². The van der Waals surface area contributed by atoms with Gasteiger partial charge in [0.05, 0.1) is 12.2 Å². The molecule has 0 aliphatic carbocycles. The van der Waals surface area contributed by atoms with Crippen molar-refractivity contribution in [2.45, 2.75) is 13.3 Å². The minimum absolute atomic E-state index is 0.105. The van der Waals surface area contributed by atoms with Gasteiger partial charge in [0.2, 0.25) is 0 Å². The van der Waals surface area contributed by atoms with Gasteiger partial charge in [-0.3, -0.25) is 4.79 Å². The number of nitrogens with two attached hydrogens (primary N) is 1. The van der Waals surface area contributed by atoms with E-state index in [-0.39, 0.29) is 11.3 Å². The molecule has 0 saturated carbocycles. The lowest BCUT2D eigenvalue weighted by molar-refractivity contribution is 0.0997. The molecule has 0 atom stereocenters. The highest BCUT2D eigenvalue weighted by atomic mass is 16.5. The topological polar surface area (TPSA) is 72.5 Å². The van der Waals surface area contributed by atoms with E-state index < -0.39 is 5.91 Å². The van der Waals surface area contributed by atoms with Crippen LogP contribution in [0.4, 0.5) is 0 Å². The lowest BCUT2D eigenvalue weighted by Gasteiger charge is -2.06. The van der Waals surface area contributed by atoms with Gasteiger partial charge in [0, 0.05) is 6.07 Å². The summed E-state index contributed by atoms with van der Waals surface area (Å²) in [7, 11) is 0. The lowest BCUT2D eigenvalue weighted by Crippen LogP contribution is -2.11. The second-order valence-electron chi connectivity index (χ2n) is 2.89. The molecule has 0 saturated heterocycles. The van der Waals surface area contributed by atoms with E-state index in [0.717, 1.165) is 6.42 Å². The second kappa shape index (κ2) is 4.50. The van der Waals surface area contributed by atoms with Gasteiger partial charge in [-0.15, -0.1) is 0 Å². The molecular formula is C10H13NO3. The van der Waals surface area contributed by atoms with Crippen LogP contribution < -0.4 is 10.5 Å². The van der Waals surface area contributed by atoms with Crippen LogP contribution in [0.2, 0.25) is 0 Å². The summed E-state index contributed by atoms with van der Waals surface area (Å²) in [5.41, 5.74) is 5.13. The van der Waals surface area contributed by atoms with Crippen molar-refractivity contribution < 1.29 is 14.6 Å². The summed E-state index contributed by atoms with van der Waals surface area (Å²) in [5.74, 6) is -0.259. The Kier molecular flexibility index (Phi) is 3.34. The Morgan fingerprint density at radius 1 is 1.57 bits per heavy atom. The van der Waals surface area contributed by atoms with Crippen molar-refractivity contribution in [3.05, 3.63) is 23.8 Å². The van der Waals surface area contributed by atoms with E-state index in [2.05, 4.69) is 0 Å². The van der Waals surface area contributed by atoms with Crippen LogP contribution in [0.3, 0.4) is 0 Å². The van der Waals surface area contributed by atoms with E-state index in [1.165, 1.54) is 12.1 Å². The Balaban J connectivity index is 2.83. The van der Waals surface area contributed by atoms with Crippen LogP contribution in [0.5, 0.6) is 11.5 Å². The van der Waals surface area contributed by atoms with Crippen molar-refractivity contribution in [2.24, 2.45) is 5.73 Å². The minimum atomic E-state index is -0.649. The monoisotopic (exact) mass is 195 g/mol. The predicted octanol–water partition coefficient (Wildman–Crippen LogP) is 1.28. The van der Waals surface area contributed by atoms with Gasteiger partial charge in [-0.2, -0.15) is 0 Å². The molecule has 0 bridgehead atoms. The molecule has 14 heavy (non-hydrogen) atoms. The Hall–Kier alpha value is -1.71. The third kappa shape index (κ3) is 2.39. The molecule has 1 rings (SSSR count). The fraction of sp³-hybridized carbons (Fsp3) is 0.300. The summed E-state index contributed by atoms with van der Waals surface area (Å²) in [6, 6.07) is 4.44. The normalized spacial score (nSPS) is 9.79. The summed E-state index contributed by atoms with van der Waals surface area (Å²) in [4.78, 5) is 10.8. The molecule has 0 unspecified atom stereocenters. The number of phenols is 1. The Morgan fingerprint density at radius 3 is 2.79 bits per heavy atom. The zero-order chi connectivity index (χ0) is 10.6. The molecule has 1 aromatic rings. The van der Waals surface area contributed by atoms with Gasteiger partial charge in [0.25, 0.3) is 5.91 Å². The molecule has 0 spiro atoms. The molecule has 0 heterocycles. The number of hydrogen-bond donors (Lipinski definition) is 2. The SMILES string of the molecule is CCCOc1ccc(C(N)=O)c(O)c1. The van der Waals surface area contributed by atoms with Crippen LogP contribution >= 0.6 is 0 Å². The molecule has 0 aliphatic rings. The largest absolute Gasteiger partial charge is 0.507 e. The zero-order valence-electron chi connectivity index (χ0n) is 7.99. The molecule has 0 aromatic heterocycles. The van der Waals surface area contributed by atoms with Crippen molar-refractivity contribution in [2.75, 3.05) is 6.61 Å². The van der Waals surface area contributed by atoms with Crippen LogP contribution in [0.25, 0.3) is 0 Å². The summed E-state index contributed by atoms with van der Waals surface area (Å²) in [5, 5.41) is 9.38. The Labute approximate surface area is 82.3 Å². The molecule has 3 N–H and O–H groups in total. The third-order valence-corrected chi connectivity index (χ3v) is 1.71. The number of rotatable bonds is 4. The van der Waals surface area contributed by atoms with Crippen molar-refractivity contribution in [1.82, 2.24) is 0 Å². The molecule has 0 radical (unpaired) electrons. The molecular weight excluding hydrogens is 182 g/mol. The fourth-order valence-corrected chi connectivity index (χ4v) is 1.03. The molecule has 0 fully saturated rings. The van der Waals surface area contributed by atoms with Crippen molar-refractivity contribution in [3.63, 3.8) is 0 Å². The highest BCUT2D eigenvalue weighted by Gasteiger charge is 2.07. The number of aromatic hydroxyl groups is 1. The highest BCUT2D eigenvalue weighted by molar-refractivity contribution is 5.95. The fourth-order valence-electron chi connectivity index (χ4n) is 1.03. The predicted molar refractivity (Wildman–Crippen MR) is 52.4 cm³/mol. The van der Waals surface area contributed by atoms with E-state index in [1.54, 1.807) is 6.07 Å². The van der Waals surface area contributed by atoms with Crippen LogP contribution in [-0.4, -0.2) is 17.6 Å². The van der Waals surface area contributed by atoms with Gasteiger partial charge in [-0.05, 0) is 18.6 Å². The van der Waals surface area contributed by atoms with Gasteiger partial charge in [-0.1, -0.05) is 6.92 Å². The number of amides is 1. The second-order valence-corrected chi connectivity index (χ2v) is 2.89. The Morgan fingerprint density at radius 2 is 2.29 bits per heavy atom. The van der Waals surface area contributed by atoms with Crippen molar-refractivity contribution in [3.8, 4) is 11.5 Å². The first-order chi connectivity index (χ1) is 6.65. The summed E-state index contributed by atoms with van der Waals surface area (Å²) in [6.45, 7) is 2.56. The molecule has 4 nitrogen and oxygen atoms in total. The maximum absolute atomic E-state index is 10.8. The van der Waals surface area contributed by atoms with Crippen LogP contribution in [-0.2, 0) is 0 Å². The maximum Gasteiger partial charge on any atom is 0.252 e. The molecule has 1 amide bonds. The Bertz CT molecular complexity index is 336. The van der Waals surface area contributed by atoms with E-state index in [0.29, 0.717) is 12.4 Å². The smallest absolute Gasteiger partial charge is 0.252 e. The number of carbonyl (C=O) groups excluding carboxylic acids is 1. The quantitative estimate of drug-likeness (QED) is 0.760. The van der Waals surface area contributed by atoms with E-state index >= 15 is 0 Å². The summed E-state index contributed by atoms with van der Waals surface area (Å²) < 4.78 is 5.26. The van der Waals surface area contributed by atoms with Crippen LogP contribution in [0.1, 0.15) is 23.7 Å². The third-order valence-electron chi connectivity index (χ3n) is 1.71. The molecule has 0 aliphatic heterocycles. The van der Waals surface area contributed by atoms with E-state index in [9.17, 15) is 9.90 Å². The van der Waals surface area contributed by atoms with Gasteiger partial charge in [0.15, 0.2) is 0 Å². The maximum atomic E-state index is 10.8. The van der Waals surface area contributed by atoms with Crippen molar-refractivity contribution in [1.29, 1.82) is 0 Å². The first kappa shape index (κ1) is 10.4. The number of carbonyl (C=O) groups is 1. The van der Waals surface area contributed by atoms with E-state index in [4.69, 9.17) is 10.5 Å². The number of primary amides is 1.